The maximum absolute atomic E-state index is 14.3. The van der Waals surface area contributed by atoms with E-state index >= 15 is 0 Å². The number of likely N-dealkylation sites (N-methyl/N-ethyl adjacent to an activating group) is 2. The van der Waals surface area contributed by atoms with Gasteiger partial charge in [-0.05, 0) is 81.6 Å². The highest BCUT2D eigenvalue weighted by Gasteiger charge is 2.51. The van der Waals surface area contributed by atoms with Gasteiger partial charge in [-0.3, -0.25) is 39.7 Å². The van der Waals surface area contributed by atoms with Gasteiger partial charge in [-0.15, -0.1) is 12.8 Å². The highest BCUT2D eigenvalue weighted by molar-refractivity contribution is 5.94. The molecule has 9 rings (SSSR count). The van der Waals surface area contributed by atoms with E-state index in [1.807, 2.05) is 11.9 Å². The molecule has 38 heteroatoms. The third kappa shape index (κ3) is 19.1. The van der Waals surface area contributed by atoms with Crippen LogP contribution in [0.3, 0.4) is 0 Å². The molecule has 0 saturated carbocycles. The number of fused-ring (bicyclic) bond motifs is 2. The van der Waals surface area contributed by atoms with E-state index in [9.17, 15) is 57.9 Å². The Morgan fingerprint density at radius 2 is 1.17 bits per heavy atom. The summed E-state index contributed by atoms with van der Waals surface area (Å²) in [5.41, 5.74) is -0.0985. The second-order valence-corrected chi connectivity index (χ2v) is 23.3. The third-order valence-electron chi connectivity index (χ3n) is 13.6. The molecule has 1 aromatic carbocycles. The molecule has 6 atom stereocenters. The molecule has 2 fully saturated rings. The number of benzene rings is 1. The van der Waals surface area contributed by atoms with Gasteiger partial charge in [0.15, 0.2) is 56.7 Å². The van der Waals surface area contributed by atoms with E-state index < -0.39 is 113 Å². The zero-order valence-electron chi connectivity index (χ0n) is 53.4. The Bertz CT molecular complexity index is 4140. The highest BCUT2D eigenvalue weighted by atomic mass is 19.1. The summed E-state index contributed by atoms with van der Waals surface area (Å²) >= 11 is 0. The molecule has 6 aromatic heterocycles. The maximum Gasteiger partial charge on any atom is 0.519 e. The minimum absolute atomic E-state index is 0.00600. The standard InChI is InChI=1S/C26H32FN7O9.C24H23FN6O9.C8H14N2O3/c1-7-26(12-39-22(36)28-8-9-33(6)11-15-14(2)40-24(38)41-15)16(35)10-17(42-26)34-13-29-18-19(30-21(27)32-20(18)34)31-23(37)43-25(3,4)5;1-5-24(11-37-22(34)38-14-8-6-13(7-9-14)31(35)36)15(32)10-16(39-24)30-12-26-17-18(27-20(25)29-19(17)30)28-21(33)40-23(2,3)4;1-6-7(13-8(11)12-6)5-10(2)4-3-9/h1,13,16-17,35H,8-12H2,2-6H3,(H,28,36)(H,30,31,32,37);1,6-9,12,15-16,32H,10-11H2,2-4H3,(H,27,28,29,33);3-5,9H2,1-2H3/t16-,17+,26+;15-,16+,24+;/m00./s1. The number of hydrogen-bond acceptors (Lipinski definition) is 30. The molecule has 96 heavy (non-hydrogen) atoms. The number of nitrogens with two attached hydrogens (primary N) is 1. The van der Waals surface area contributed by atoms with Crippen LogP contribution in [0.15, 0.2) is 64.2 Å². The number of nitro groups is 1. The number of aliphatic hydroxyl groups excluding tert-OH is 2. The SMILES string of the molecule is C#C[C@]1(COC(=O)NCCN(C)Cc2oc(=O)oc2C)O[C@@H](n2cnc3c(NC(=O)OC(C)(C)C)nc(F)nc32)C[C@@H]1O.C#C[C@]1(COC(=O)Oc2ccc([N+](=O)[O-])cc2)O[C@@H](n2cnc3c(NC(=O)OC(C)(C)C)nc(F)nc32)C[C@@H]1O.Cc1oc(=O)oc1CN(C)CCN. The second-order valence-electron chi connectivity index (χ2n) is 23.3. The smallest absolute Gasteiger partial charge is 0.445 e. The maximum atomic E-state index is 14.3. The lowest BCUT2D eigenvalue weighted by molar-refractivity contribution is -0.384. The number of hydrogen-bond donors (Lipinski definition) is 6. The molecule has 3 amide bonds. The Kier molecular flexibility index (Phi) is 23.3. The first kappa shape index (κ1) is 72.9. The number of aromatic nitrogens is 8. The first-order valence-electron chi connectivity index (χ1n) is 28.9. The highest BCUT2D eigenvalue weighted by Crippen LogP contribution is 2.40. The lowest BCUT2D eigenvalue weighted by atomic mass is 9.99. The number of ether oxygens (including phenoxy) is 7. The van der Waals surface area contributed by atoms with E-state index in [0.717, 1.165) is 18.7 Å². The fraction of sp³-hybridized carbons (Fsp3) is 0.483. The molecule has 8 heterocycles. The Balaban J connectivity index is 0.000000229. The molecule has 36 nitrogen and oxygen atoms in total. The molecule has 0 spiro atoms. The minimum Gasteiger partial charge on any atom is -0.445 e. The number of terminal acetylenes is 2. The summed E-state index contributed by atoms with van der Waals surface area (Å²) in [6.07, 6.45) is 2.85. The molecule has 0 bridgehead atoms. The van der Waals surface area contributed by atoms with Crippen LogP contribution in [0.25, 0.3) is 22.3 Å². The van der Waals surface area contributed by atoms with E-state index in [-0.39, 0.29) is 71.3 Å². The molecule has 2 saturated heterocycles. The van der Waals surface area contributed by atoms with Gasteiger partial charge >= 0.3 is 48.2 Å². The van der Waals surface area contributed by atoms with E-state index in [1.54, 1.807) is 67.3 Å². The molecule has 2 aliphatic rings. The number of non-ortho nitro benzene ring substituents is 1. The van der Waals surface area contributed by atoms with Crippen LogP contribution in [0.1, 0.15) is 89.9 Å². The number of nitrogens with zero attached hydrogens (tertiary/aromatic N) is 11. The van der Waals surface area contributed by atoms with Gasteiger partial charge in [-0.1, -0.05) is 11.8 Å². The summed E-state index contributed by atoms with van der Waals surface area (Å²) in [4.78, 5) is 108. The van der Waals surface area contributed by atoms with Gasteiger partial charge in [0.2, 0.25) is 0 Å². The van der Waals surface area contributed by atoms with E-state index in [2.05, 4.69) is 57.7 Å². The van der Waals surface area contributed by atoms with Crippen LogP contribution in [-0.4, -0.2) is 177 Å². The van der Waals surface area contributed by atoms with E-state index in [4.69, 9.17) is 69.4 Å². The topological polar surface area (TPSA) is 459 Å². The molecule has 0 unspecified atom stereocenters. The number of rotatable bonds is 19. The van der Waals surface area contributed by atoms with Crippen LogP contribution in [-0.2, 0) is 41.5 Å². The van der Waals surface area contributed by atoms with E-state index in [0.29, 0.717) is 42.7 Å². The molecule has 0 aliphatic carbocycles. The number of anilines is 2. The van der Waals surface area contributed by atoms with Gasteiger partial charge < -0.3 is 72.1 Å². The van der Waals surface area contributed by atoms with Gasteiger partial charge in [0.05, 0.1) is 30.7 Å². The Labute approximate surface area is 542 Å². The normalized spacial score (nSPS) is 19.1. The largest absolute Gasteiger partial charge is 0.519 e. The number of nitrogens with one attached hydrogen (secondary N) is 3. The fourth-order valence-corrected chi connectivity index (χ4v) is 9.03. The minimum atomic E-state index is -1.82. The zero-order valence-corrected chi connectivity index (χ0v) is 53.4. The summed E-state index contributed by atoms with van der Waals surface area (Å²) in [6, 6.07) is 4.67. The molecule has 516 valence electrons. The molecule has 0 radical (unpaired) electrons. The summed E-state index contributed by atoms with van der Waals surface area (Å²) in [5.74, 6) is 4.55. The third-order valence-corrected chi connectivity index (χ3v) is 13.6. The molecular weight excluding hydrogens is 1280 g/mol. The van der Waals surface area contributed by atoms with Crippen molar-refractivity contribution >= 4 is 64.1 Å². The predicted molar refractivity (Wildman–Crippen MR) is 325 cm³/mol. The molecule has 7 aromatic rings. The quantitative estimate of drug-likeness (QED) is 0.0122. The van der Waals surface area contributed by atoms with Crippen molar-refractivity contribution in [2.45, 2.75) is 128 Å². The van der Waals surface area contributed by atoms with Crippen LogP contribution in [0.5, 0.6) is 5.75 Å². The predicted octanol–water partition coefficient (Wildman–Crippen LogP) is 4.70. The van der Waals surface area contributed by atoms with Crippen molar-refractivity contribution in [1.82, 2.24) is 54.2 Å². The number of imidazole rings is 2. The van der Waals surface area contributed by atoms with Crippen molar-refractivity contribution in [2.75, 3.05) is 64.1 Å². The van der Waals surface area contributed by atoms with Crippen molar-refractivity contribution in [3.8, 4) is 30.4 Å². The van der Waals surface area contributed by atoms with Crippen molar-refractivity contribution in [3.05, 3.63) is 103 Å². The lowest BCUT2D eigenvalue weighted by Gasteiger charge is -2.26. The van der Waals surface area contributed by atoms with Crippen LogP contribution in [0, 0.1) is 60.8 Å². The van der Waals surface area contributed by atoms with Gasteiger partial charge in [0, 0.05) is 51.2 Å². The summed E-state index contributed by atoms with van der Waals surface area (Å²) < 4.78 is 88.0. The number of carbonyl (C=O) groups excluding carboxylic acids is 4. The van der Waals surface area contributed by atoms with Crippen LogP contribution in [0.2, 0.25) is 0 Å². The van der Waals surface area contributed by atoms with Gasteiger partial charge in [-0.25, -0.2) is 38.7 Å². The lowest BCUT2D eigenvalue weighted by Crippen LogP contribution is -2.44. The van der Waals surface area contributed by atoms with Crippen LogP contribution < -0.4 is 38.1 Å². The monoisotopic (exact) mass is 1350 g/mol. The first-order valence-corrected chi connectivity index (χ1v) is 28.9. The summed E-state index contributed by atoms with van der Waals surface area (Å²) in [5, 5.41) is 39.5. The van der Waals surface area contributed by atoms with Gasteiger partial charge in [0.25, 0.3) is 5.69 Å². The van der Waals surface area contributed by atoms with Crippen molar-refractivity contribution in [3.63, 3.8) is 0 Å². The van der Waals surface area contributed by atoms with E-state index in [1.165, 1.54) is 33.9 Å². The van der Waals surface area contributed by atoms with Gasteiger partial charge in [-0.2, -0.15) is 28.7 Å². The number of halogens is 2. The van der Waals surface area contributed by atoms with Crippen molar-refractivity contribution < 1.29 is 93.9 Å². The summed E-state index contributed by atoms with van der Waals surface area (Å²) in [7, 11) is 3.65. The van der Waals surface area contributed by atoms with Crippen LogP contribution in [0.4, 0.5) is 45.3 Å². The van der Waals surface area contributed by atoms with Crippen molar-refractivity contribution in [2.24, 2.45) is 5.73 Å². The number of amides is 3. The average molecular weight is 1350 g/mol. The summed E-state index contributed by atoms with van der Waals surface area (Å²) in [6.45, 7) is 14.9. The number of aliphatic hydroxyl groups is 2. The average Bonchev–Trinajstić information content (AvgIpc) is 1.61. The number of nitro benzene ring substituents is 1. The van der Waals surface area contributed by atoms with Crippen LogP contribution >= 0.6 is 0 Å². The molecule has 7 N–H and O–H groups in total. The molecular formula is C58H69F2N15O21. The molecule has 2 aliphatic heterocycles. The second kappa shape index (κ2) is 30.7. The number of aryl methyl sites for hydroxylation is 2. The first-order chi connectivity index (χ1) is 45.1. The number of carbonyl (C=O) groups is 4. The Morgan fingerprint density at radius 3 is 1.56 bits per heavy atom. The zero-order chi connectivity index (χ0) is 70.6. The number of alkyl carbamates (subject to hydrolysis) is 1. The fourth-order valence-electron chi connectivity index (χ4n) is 9.03. The Hall–Kier alpha value is -10.5. The van der Waals surface area contributed by atoms with Gasteiger partial charge in [0.1, 0.15) is 66.3 Å². The van der Waals surface area contributed by atoms with Crippen molar-refractivity contribution in [1.29, 1.82) is 0 Å². The Morgan fingerprint density at radius 1 is 0.729 bits per heavy atom.